The standard InChI is InChI=1S/C10H7BrO3/c11-8-3-1-2-6-4-7(5-9(12)13)14-10(6)8/h1-4H,5H2,(H,12,13). The first-order chi connectivity index (χ1) is 6.66. The van der Waals surface area contributed by atoms with Gasteiger partial charge in [-0.3, -0.25) is 4.79 Å². The summed E-state index contributed by atoms with van der Waals surface area (Å²) in [5, 5.41) is 9.50. The number of hydrogen-bond donors (Lipinski definition) is 1. The molecule has 0 unspecified atom stereocenters. The van der Waals surface area contributed by atoms with Gasteiger partial charge >= 0.3 is 5.97 Å². The fourth-order valence-corrected chi connectivity index (χ4v) is 1.78. The number of carboxylic acid groups (broad SMARTS) is 1. The van der Waals surface area contributed by atoms with E-state index in [9.17, 15) is 4.79 Å². The van der Waals surface area contributed by atoms with Crippen LogP contribution in [0.4, 0.5) is 0 Å². The third-order valence-corrected chi connectivity index (χ3v) is 2.50. The van der Waals surface area contributed by atoms with Crippen molar-refractivity contribution < 1.29 is 14.3 Å². The molecule has 72 valence electrons. The fourth-order valence-electron chi connectivity index (χ4n) is 1.32. The Bertz CT molecular complexity index is 487. The molecule has 1 aromatic heterocycles. The lowest BCUT2D eigenvalue weighted by Gasteiger charge is -1.90. The molecule has 0 fully saturated rings. The van der Waals surface area contributed by atoms with Gasteiger partial charge in [-0.25, -0.2) is 0 Å². The fraction of sp³-hybridized carbons (Fsp3) is 0.100. The second-order valence-corrected chi connectivity index (χ2v) is 3.80. The Morgan fingerprint density at radius 1 is 1.50 bits per heavy atom. The maximum Gasteiger partial charge on any atom is 0.311 e. The van der Waals surface area contributed by atoms with Gasteiger partial charge in [0.1, 0.15) is 17.8 Å². The van der Waals surface area contributed by atoms with Gasteiger partial charge in [0.15, 0.2) is 0 Å². The highest BCUT2D eigenvalue weighted by molar-refractivity contribution is 9.10. The molecule has 1 aromatic carbocycles. The average molecular weight is 255 g/mol. The van der Waals surface area contributed by atoms with Crippen molar-refractivity contribution in [1.82, 2.24) is 0 Å². The minimum Gasteiger partial charge on any atom is -0.481 e. The molecule has 1 N–H and O–H groups in total. The SMILES string of the molecule is O=C(O)Cc1cc2cccc(Br)c2o1. The molecule has 0 spiro atoms. The maximum absolute atomic E-state index is 10.5. The number of halogens is 1. The van der Waals surface area contributed by atoms with Crippen LogP contribution < -0.4 is 0 Å². The van der Waals surface area contributed by atoms with E-state index in [1.165, 1.54) is 0 Å². The van der Waals surface area contributed by atoms with Crippen LogP contribution in [0.5, 0.6) is 0 Å². The lowest BCUT2D eigenvalue weighted by Crippen LogP contribution is -1.97. The Balaban J connectivity index is 2.51. The summed E-state index contributed by atoms with van der Waals surface area (Å²) in [6, 6.07) is 7.37. The Morgan fingerprint density at radius 2 is 2.29 bits per heavy atom. The van der Waals surface area contributed by atoms with Gasteiger partial charge in [-0.2, -0.15) is 0 Å². The molecular formula is C10H7BrO3. The molecule has 0 aliphatic heterocycles. The Kier molecular flexibility index (Phi) is 2.29. The Labute approximate surface area is 88.5 Å². The van der Waals surface area contributed by atoms with Gasteiger partial charge < -0.3 is 9.52 Å². The Hall–Kier alpha value is -1.29. The molecule has 1 heterocycles. The van der Waals surface area contributed by atoms with Crippen molar-refractivity contribution in [1.29, 1.82) is 0 Å². The number of carboxylic acids is 1. The first kappa shape index (κ1) is 9.27. The number of hydrogen-bond acceptors (Lipinski definition) is 2. The van der Waals surface area contributed by atoms with Crippen molar-refractivity contribution in [3.05, 3.63) is 34.5 Å². The average Bonchev–Trinajstić information content (AvgIpc) is 2.47. The van der Waals surface area contributed by atoms with Crippen LogP contribution in [0.1, 0.15) is 5.76 Å². The molecule has 0 aliphatic rings. The van der Waals surface area contributed by atoms with Crippen LogP contribution in [0.3, 0.4) is 0 Å². The van der Waals surface area contributed by atoms with Crippen LogP contribution in [-0.2, 0) is 11.2 Å². The highest BCUT2D eigenvalue weighted by atomic mass is 79.9. The summed E-state index contributed by atoms with van der Waals surface area (Å²) in [5.74, 6) is -0.417. The van der Waals surface area contributed by atoms with Gasteiger partial charge in [0, 0.05) is 5.39 Å². The zero-order valence-electron chi connectivity index (χ0n) is 7.16. The number of benzene rings is 1. The second kappa shape index (κ2) is 3.46. The molecule has 0 amide bonds. The lowest BCUT2D eigenvalue weighted by molar-refractivity contribution is -0.136. The zero-order chi connectivity index (χ0) is 10.1. The summed E-state index contributed by atoms with van der Waals surface area (Å²) in [5.41, 5.74) is 0.698. The van der Waals surface area contributed by atoms with E-state index in [2.05, 4.69) is 15.9 Å². The van der Waals surface area contributed by atoms with Crippen LogP contribution in [-0.4, -0.2) is 11.1 Å². The lowest BCUT2D eigenvalue weighted by atomic mass is 10.2. The molecular weight excluding hydrogens is 248 g/mol. The predicted molar refractivity (Wildman–Crippen MR) is 55.3 cm³/mol. The molecule has 4 heteroatoms. The first-order valence-corrected chi connectivity index (χ1v) is 4.85. The van der Waals surface area contributed by atoms with Crippen molar-refractivity contribution in [3.63, 3.8) is 0 Å². The minimum absolute atomic E-state index is 0.0822. The number of carbonyl (C=O) groups is 1. The number of rotatable bonds is 2. The maximum atomic E-state index is 10.5. The Morgan fingerprint density at radius 3 is 2.93 bits per heavy atom. The van der Waals surface area contributed by atoms with Crippen LogP contribution in [0.25, 0.3) is 11.0 Å². The smallest absolute Gasteiger partial charge is 0.311 e. The van der Waals surface area contributed by atoms with Crippen molar-refractivity contribution in [3.8, 4) is 0 Å². The molecule has 3 nitrogen and oxygen atoms in total. The van der Waals surface area contributed by atoms with Crippen LogP contribution >= 0.6 is 15.9 Å². The number of aliphatic carboxylic acids is 1. The monoisotopic (exact) mass is 254 g/mol. The van der Waals surface area contributed by atoms with Crippen molar-refractivity contribution in [2.45, 2.75) is 6.42 Å². The highest BCUT2D eigenvalue weighted by Crippen LogP contribution is 2.26. The summed E-state index contributed by atoms with van der Waals surface area (Å²) in [4.78, 5) is 10.5. The highest BCUT2D eigenvalue weighted by Gasteiger charge is 2.08. The molecule has 14 heavy (non-hydrogen) atoms. The summed E-state index contributed by atoms with van der Waals surface area (Å²) in [7, 11) is 0. The van der Waals surface area contributed by atoms with E-state index < -0.39 is 5.97 Å². The van der Waals surface area contributed by atoms with Crippen molar-refractivity contribution in [2.24, 2.45) is 0 Å². The summed E-state index contributed by atoms with van der Waals surface area (Å²) in [6.07, 6.45) is -0.0822. The van der Waals surface area contributed by atoms with E-state index in [1.807, 2.05) is 18.2 Å². The topological polar surface area (TPSA) is 50.4 Å². The normalized spacial score (nSPS) is 10.6. The minimum atomic E-state index is -0.889. The third-order valence-electron chi connectivity index (χ3n) is 1.87. The van der Waals surface area contributed by atoms with Gasteiger partial charge in [0.25, 0.3) is 0 Å². The molecule has 0 radical (unpaired) electrons. The third kappa shape index (κ3) is 1.65. The van der Waals surface area contributed by atoms with Crippen LogP contribution in [0, 0.1) is 0 Å². The predicted octanol–water partition coefficient (Wildman–Crippen LogP) is 2.82. The van der Waals surface area contributed by atoms with Crippen LogP contribution in [0.15, 0.2) is 33.2 Å². The zero-order valence-corrected chi connectivity index (χ0v) is 8.74. The van der Waals surface area contributed by atoms with E-state index >= 15 is 0 Å². The molecule has 2 aromatic rings. The molecule has 2 rings (SSSR count). The van der Waals surface area contributed by atoms with Crippen molar-refractivity contribution >= 4 is 32.9 Å². The van der Waals surface area contributed by atoms with Gasteiger partial charge in [-0.15, -0.1) is 0 Å². The van der Waals surface area contributed by atoms with E-state index in [-0.39, 0.29) is 6.42 Å². The molecule has 0 aliphatic carbocycles. The summed E-state index contributed by atoms with van der Waals surface area (Å²) >= 11 is 3.34. The number of fused-ring (bicyclic) bond motifs is 1. The van der Waals surface area contributed by atoms with E-state index in [4.69, 9.17) is 9.52 Å². The van der Waals surface area contributed by atoms with Crippen molar-refractivity contribution in [2.75, 3.05) is 0 Å². The summed E-state index contributed by atoms with van der Waals surface area (Å²) < 4.78 is 6.22. The van der Waals surface area contributed by atoms with Crippen LogP contribution in [0.2, 0.25) is 0 Å². The first-order valence-electron chi connectivity index (χ1n) is 4.05. The summed E-state index contributed by atoms with van der Waals surface area (Å²) in [6.45, 7) is 0. The molecule has 0 saturated heterocycles. The molecule has 0 bridgehead atoms. The van der Waals surface area contributed by atoms with Gasteiger partial charge in [-0.05, 0) is 28.1 Å². The van der Waals surface area contributed by atoms with Gasteiger partial charge in [-0.1, -0.05) is 12.1 Å². The van der Waals surface area contributed by atoms with E-state index in [0.29, 0.717) is 11.3 Å². The van der Waals surface area contributed by atoms with E-state index in [1.54, 1.807) is 6.07 Å². The number of para-hydroxylation sites is 1. The largest absolute Gasteiger partial charge is 0.481 e. The second-order valence-electron chi connectivity index (χ2n) is 2.94. The molecule has 0 atom stereocenters. The van der Waals surface area contributed by atoms with E-state index in [0.717, 1.165) is 9.86 Å². The number of furan rings is 1. The quantitative estimate of drug-likeness (QED) is 0.897. The molecule has 0 saturated carbocycles. The van der Waals surface area contributed by atoms with Gasteiger partial charge in [0.05, 0.1) is 4.47 Å². The van der Waals surface area contributed by atoms with Gasteiger partial charge in [0.2, 0.25) is 0 Å².